The second kappa shape index (κ2) is 8.15. The maximum Gasteiger partial charge on any atom is 0.321 e. The number of likely N-dealkylation sites (N-methyl/N-ethyl adjacent to an activating group) is 1. The number of ether oxygens (including phenoxy) is 2. The van der Waals surface area contributed by atoms with Crippen LogP contribution in [0.5, 0.6) is 0 Å². The maximum absolute atomic E-state index is 12.2. The number of carbonyl (C=O) groups excluding carboxylic acids is 1. The van der Waals surface area contributed by atoms with E-state index in [1.807, 2.05) is 38.1 Å². The van der Waals surface area contributed by atoms with Crippen LogP contribution in [0.3, 0.4) is 0 Å². The van der Waals surface area contributed by atoms with Crippen molar-refractivity contribution < 1.29 is 14.3 Å². The van der Waals surface area contributed by atoms with Gasteiger partial charge in [0.15, 0.2) is 0 Å². The molecule has 1 heterocycles. The van der Waals surface area contributed by atoms with Crippen molar-refractivity contribution in [2.45, 2.75) is 45.5 Å². The Hall–Kier alpha value is -1.59. The smallest absolute Gasteiger partial charge is 0.321 e. The van der Waals surface area contributed by atoms with Crippen LogP contribution in [-0.2, 0) is 16.1 Å². The Labute approximate surface area is 132 Å². The Kier molecular flexibility index (Phi) is 6.21. The number of anilines is 1. The predicted octanol–water partition coefficient (Wildman–Crippen LogP) is 3.25. The average Bonchev–Trinajstić information content (AvgIpc) is 2.98. The highest BCUT2D eigenvalue weighted by Gasteiger charge is 2.20. The van der Waals surface area contributed by atoms with Crippen molar-refractivity contribution in [1.29, 1.82) is 0 Å². The number of nitrogens with zero attached hydrogens (tertiary/aromatic N) is 1. The minimum Gasteiger partial charge on any atom is -0.376 e. The van der Waals surface area contributed by atoms with Crippen LogP contribution >= 0.6 is 0 Å². The first kappa shape index (κ1) is 16.8. The lowest BCUT2D eigenvalue weighted by Gasteiger charge is -2.21. The van der Waals surface area contributed by atoms with Crippen LogP contribution in [0.25, 0.3) is 0 Å². The number of amides is 2. The predicted molar refractivity (Wildman–Crippen MR) is 87.0 cm³/mol. The highest BCUT2D eigenvalue weighted by Crippen LogP contribution is 2.15. The normalized spacial score (nSPS) is 17.7. The van der Waals surface area contributed by atoms with Gasteiger partial charge in [-0.05, 0) is 44.4 Å². The van der Waals surface area contributed by atoms with Gasteiger partial charge in [0.2, 0.25) is 0 Å². The Bertz CT molecular complexity index is 485. The number of benzene rings is 1. The van der Waals surface area contributed by atoms with Crippen LogP contribution < -0.4 is 5.32 Å². The first-order chi connectivity index (χ1) is 10.5. The van der Waals surface area contributed by atoms with Gasteiger partial charge in [-0.15, -0.1) is 0 Å². The lowest BCUT2D eigenvalue weighted by atomic mass is 10.2. The van der Waals surface area contributed by atoms with Gasteiger partial charge in [-0.1, -0.05) is 12.1 Å². The molecule has 5 nitrogen and oxygen atoms in total. The molecular weight excluding hydrogens is 280 g/mol. The van der Waals surface area contributed by atoms with Gasteiger partial charge in [0, 0.05) is 25.9 Å². The molecule has 5 heteroatoms. The van der Waals surface area contributed by atoms with Crippen LogP contribution in [0.15, 0.2) is 24.3 Å². The number of rotatable bonds is 6. The van der Waals surface area contributed by atoms with E-state index in [0.29, 0.717) is 13.2 Å². The Morgan fingerprint density at radius 2 is 2.32 bits per heavy atom. The van der Waals surface area contributed by atoms with Gasteiger partial charge in [-0.3, -0.25) is 0 Å². The fourth-order valence-electron chi connectivity index (χ4n) is 2.40. The molecule has 22 heavy (non-hydrogen) atoms. The first-order valence-electron chi connectivity index (χ1n) is 7.89. The van der Waals surface area contributed by atoms with Gasteiger partial charge in [-0.2, -0.15) is 0 Å². The van der Waals surface area contributed by atoms with Crippen molar-refractivity contribution in [3.8, 4) is 0 Å². The highest BCUT2D eigenvalue weighted by atomic mass is 16.5. The molecule has 0 aromatic heterocycles. The monoisotopic (exact) mass is 306 g/mol. The average molecular weight is 306 g/mol. The van der Waals surface area contributed by atoms with Crippen molar-refractivity contribution >= 4 is 11.7 Å². The van der Waals surface area contributed by atoms with Crippen LogP contribution in [0.1, 0.15) is 32.3 Å². The van der Waals surface area contributed by atoms with E-state index in [0.717, 1.165) is 30.7 Å². The standard InChI is InChI=1S/C17H26N2O3/c1-13(2)22-12-14-6-4-7-15(10-14)18-17(20)19(3)11-16-8-5-9-21-16/h4,6-7,10,13,16H,5,8-9,11-12H2,1-3H3,(H,18,20). The van der Waals surface area contributed by atoms with Crippen molar-refractivity contribution in [3.05, 3.63) is 29.8 Å². The summed E-state index contributed by atoms with van der Waals surface area (Å²) in [6, 6.07) is 7.64. The van der Waals surface area contributed by atoms with Crippen molar-refractivity contribution in [1.82, 2.24) is 4.90 Å². The SMILES string of the molecule is CC(C)OCc1cccc(NC(=O)N(C)CC2CCCO2)c1. The molecule has 1 unspecified atom stereocenters. The molecule has 1 aliphatic heterocycles. The minimum atomic E-state index is -0.113. The molecule has 1 aromatic carbocycles. The van der Waals surface area contributed by atoms with E-state index in [4.69, 9.17) is 9.47 Å². The molecule has 2 rings (SSSR count). The third kappa shape index (κ3) is 5.31. The van der Waals surface area contributed by atoms with E-state index in [-0.39, 0.29) is 18.2 Å². The summed E-state index contributed by atoms with van der Waals surface area (Å²) in [6.07, 6.45) is 2.47. The number of urea groups is 1. The van der Waals surface area contributed by atoms with E-state index in [9.17, 15) is 4.79 Å². The molecule has 1 N–H and O–H groups in total. The summed E-state index contributed by atoms with van der Waals surface area (Å²) >= 11 is 0. The van der Waals surface area contributed by atoms with Gasteiger partial charge in [0.1, 0.15) is 0 Å². The van der Waals surface area contributed by atoms with Crippen LogP contribution in [0, 0.1) is 0 Å². The molecule has 0 saturated carbocycles. The summed E-state index contributed by atoms with van der Waals surface area (Å²) in [7, 11) is 1.79. The van der Waals surface area contributed by atoms with E-state index < -0.39 is 0 Å². The fraction of sp³-hybridized carbons (Fsp3) is 0.588. The molecule has 0 spiro atoms. The minimum absolute atomic E-state index is 0.113. The quantitative estimate of drug-likeness (QED) is 0.877. The molecule has 1 aliphatic rings. The number of hydrogen-bond acceptors (Lipinski definition) is 3. The third-order valence-electron chi connectivity index (χ3n) is 3.61. The zero-order chi connectivity index (χ0) is 15.9. The van der Waals surface area contributed by atoms with E-state index in [1.165, 1.54) is 0 Å². The summed E-state index contributed by atoms with van der Waals surface area (Å²) in [4.78, 5) is 13.9. The zero-order valence-electron chi connectivity index (χ0n) is 13.7. The second-order valence-electron chi connectivity index (χ2n) is 6.01. The van der Waals surface area contributed by atoms with Crippen molar-refractivity contribution in [3.63, 3.8) is 0 Å². The number of carbonyl (C=O) groups is 1. The summed E-state index contributed by atoms with van der Waals surface area (Å²) < 4.78 is 11.1. The van der Waals surface area contributed by atoms with Gasteiger partial charge in [0.25, 0.3) is 0 Å². The zero-order valence-corrected chi connectivity index (χ0v) is 13.7. The van der Waals surface area contributed by atoms with E-state index in [2.05, 4.69) is 5.32 Å². The number of nitrogens with one attached hydrogen (secondary N) is 1. The third-order valence-corrected chi connectivity index (χ3v) is 3.61. The highest BCUT2D eigenvalue weighted by molar-refractivity contribution is 5.89. The van der Waals surface area contributed by atoms with Gasteiger partial charge in [0.05, 0.1) is 18.8 Å². The van der Waals surface area contributed by atoms with E-state index >= 15 is 0 Å². The number of hydrogen-bond donors (Lipinski definition) is 1. The summed E-state index contributed by atoms with van der Waals surface area (Å²) in [5.41, 5.74) is 1.84. The van der Waals surface area contributed by atoms with E-state index in [1.54, 1.807) is 11.9 Å². The summed E-state index contributed by atoms with van der Waals surface area (Å²) in [6.45, 7) is 5.99. The second-order valence-corrected chi connectivity index (χ2v) is 6.01. The summed E-state index contributed by atoms with van der Waals surface area (Å²) in [5, 5.41) is 2.92. The summed E-state index contributed by atoms with van der Waals surface area (Å²) in [5.74, 6) is 0. The maximum atomic E-state index is 12.2. The molecule has 1 fully saturated rings. The molecule has 0 bridgehead atoms. The molecule has 0 aliphatic carbocycles. The topological polar surface area (TPSA) is 50.8 Å². The largest absolute Gasteiger partial charge is 0.376 e. The van der Waals surface area contributed by atoms with Crippen LogP contribution in [0.4, 0.5) is 10.5 Å². The molecule has 0 radical (unpaired) electrons. The van der Waals surface area contributed by atoms with Crippen molar-refractivity contribution in [2.24, 2.45) is 0 Å². The molecule has 1 aromatic rings. The molecule has 122 valence electrons. The molecule has 2 amide bonds. The van der Waals surface area contributed by atoms with Gasteiger partial charge < -0.3 is 19.7 Å². The Balaban J connectivity index is 1.85. The Morgan fingerprint density at radius 1 is 1.50 bits per heavy atom. The Morgan fingerprint density at radius 3 is 3.00 bits per heavy atom. The first-order valence-corrected chi connectivity index (χ1v) is 7.89. The molecular formula is C17H26N2O3. The molecule has 1 atom stereocenters. The van der Waals surface area contributed by atoms with Gasteiger partial charge in [-0.25, -0.2) is 4.79 Å². The lowest BCUT2D eigenvalue weighted by molar-refractivity contribution is 0.0657. The fourth-order valence-corrected chi connectivity index (χ4v) is 2.40. The van der Waals surface area contributed by atoms with Crippen LogP contribution in [0.2, 0.25) is 0 Å². The molecule has 1 saturated heterocycles. The van der Waals surface area contributed by atoms with Crippen LogP contribution in [-0.4, -0.2) is 43.3 Å². The lowest BCUT2D eigenvalue weighted by Crippen LogP contribution is -2.37. The van der Waals surface area contributed by atoms with Crippen molar-refractivity contribution in [2.75, 3.05) is 25.5 Å². The van der Waals surface area contributed by atoms with Gasteiger partial charge >= 0.3 is 6.03 Å².